The van der Waals surface area contributed by atoms with E-state index in [0.717, 1.165) is 12.8 Å². The van der Waals surface area contributed by atoms with E-state index in [-0.39, 0.29) is 24.2 Å². The molecule has 2 fully saturated rings. The zero-order valence-corrected chi connectivity index (χ0v) is 10.6. The monoisotopic (exact) mass is 259 g/mol. The maximum atomic E-state index is 11.2. The number of aliphatic hydroxyl groups is 1. The van der Waals surface area contributed by atoms with Crippen molar-refractivity contribution in [2.75, 3.05) is 26.9 Å². The first-order chi connectivity index (χ1) is 8.69. The molecule has 0 aromatic rings. The molecule has 0 spiro atoms. The zero-order chi connectivity index (χ0) is 13.0. The Bertz CT molecular complexity index is 286. The van der Waals surface area contributed by atoms with Crippen LogP contribution in [0.2, 0.25) is 0 Å². The fourth-order valence-electron chi connectivity index (χ4n) is 2.44. The molecule has 4 atom stereocenters. The number of aliphatic hydroxyl groups excluding tert-OH is 1. The summed E-state index contributed by atoms with van der Waals surface area (Å²) in [5, 5.41) is 12.8. The van der Waals surface area contributed by atoms with Crippen LogP contribution in [0.1, 0.15) is 19.3 Å². The second-order valence-corrected chi connectivity index (χ2v) is 4.86. The van der Waals surface area contributed by atoms with E-state index >= 15 is 0 Å². The predicted octanol–water partition coefficient (Wildman–Crippen LogP) is -0.554. The van der Waals surface area contributed by atoms with E-state index in [0.29, 0.717) is 26.2 Å². The molecule has 2 heterocycles. The minimum atomic E-state index is -0.459. The van der Waals surface area contributed by atoms with Crippen molar-refractivity contribution >= 4 is 5.97 Å². The Hall–Kier alpha value is -0.690. The number of fused-ring (bicyclic) bond motifs is 1. The lowest BCUT2D eigenvalue weighted by Gasteiger charge is -2.38. The van der Waals surface area contributed by atoms with Crippen molar-refractivity contribution in [1.82, 2.24) is 5.32 Å². The number of hydrogen-bond acceptors (Lipinski definition) is 6. The molecule has 18 heavy (non-hydrogen) atoms. The van der Waals surface area contributed by atoms with Gasteiger partial charge in [0.1, 0.15) is 0 Å². The van der Waals surface area contributed by atoms with Crippen LogP contribution in [0.5, 0.6) is 0 Å². The third kappa shape index (κ3) is 3.65. The maximum absolute atomic E-state index is 11.2. The first-order valence-electron chi connectivity index (χ1n) is 6.40. The smallest absolute Gasteiger partial charge is 0.308 e. The Morgan fingerprint density at radius 3 is 3.06 bits per heavy atom. The SMILES string of the molecule is COC(=O)C[C@@H]1CC[C@@H]2NC[C@@H](O)COC[C@H]2O1. The Morgan fingerprint density at radius 2 is 2.28 bits per heavy atom. The lowest BCUT2D eigenvalue weighted by molar-refractivity contribution is -0.152. The van der Waals surface area contributed by atoms with Crippen molar-refractivity contribution in [3.05, 3.63) is 0 Å². The van der Waals surface area contributed by atoms with Gasteiger partial charge in [0.25, 0.3) is 0 Å². The molecule has 0 amide bonds. The molecule has 2 aliphatic rings. The summed E-state index contributed by atoms with van der Waals surface area (Å²) in [5.41, 5.74) is 0. The average Bonchev–Trinajstić information content (AvgIpc) is 2.35. The highest BCUT2D eigenvalue weighted by molar-refractivity contribution is 5.69. The molecule has 104 valence electrons. The Morgan fingerprint density at radius 1 is 1.44 bits per heavy atom. The highest BCUT2D eigenvalue weighted by Crippen LogP contribution is 2.23. The average molecular weight is 259 g/mol. The molecule has 0 aliphatic carbocycles. The summed E-state index contributed by atoms with van der Waals surface area (Å²) in [6, 6.07) is 0.189. The number of nitrogens with one attached hydrogen (secondary N) is 1. The third-order valence-corrected chi connectivity index (χ3v) is 3.45. The van der Waals surface area contributed by atoms with Crippen LogP contribution in [0.25, 0.3) is 0 Å². The van der Waals surface area contributed by atoms with Gasteiger partial charge < -0.3 is 24.6 Å². The molecule has 2 rings (SSSR count). The van der Waals surface area contributed by atoms with Gasteiger partial charge in [-0.05, 0) is 12.8 Å². The second kappa shape index (κ2) is 6.47. The molecule has 6 nitrogen and oxygen atoms in total. The maximum Gasteiger partial charge on any atom is 0.308 e. The predicted molar refractivity (Wildman–Crippen MR) is 63.1 cm³/mol. The first-order valence-corrected chi connectivity index (χ1v) is 6.40. The number of ether oxygens (including phenoxy) is 3. The van der Waals surface area contributed by atoms with Gasteiger partial charge in [0.2, 0.25) is 0 Å². The number of hydrogen-bond donors (Lipinski definition) is 2. The van der Waals surface area contributed by atoms with Crippen molar-refractivity contribution in [2.24, 2.45) is 0 Å². The Kier molecular flexibility index (Phi) is 4.94. The number of carbonyl (C=O) groups excluding carboxylic acids is 1. The number of methoxy groups -OCH3 is 1. The molecule has 2 saturated heterocycles. The first kappa shape index (κ1) is 13.7. The van der Waals surface area contributed by atoms with Crippen LogP contribution in [0.3, 0.4) is 0 Å². The molecule has 6 heteroatoms. The van der Waals surface area contributed by atoms with Crippen molar-refractivity contribution in [1.29, 1.82) is 0 Å². The molecular weight excluding hydrogens is 238 g/mol. The number of rotatable bonds is 2. The van der Waals surface area contributed by atoms with E-state index in [4.69, 9.17) is 9.47 Å². The summed E-state index contributed by atoms with van der Waals surface area (Å²) in [7, 11) is 1.38. The van der Waals surface area contributed by atoms with Crippen LogP contribution in [-0.2, 0) is 19.0 Å². The van der Waals surface area contributed by atoms with Gasteiger partial charge in [-0.25, -0.2) is 0 Å². The van der Waals surface area contributed by atoms with Gasteiger partial charge in [0.05, 0.1) is 45.1 Å². The van der Waals surface area contributed by atoms with Crippen LogP contribution in [0, 0.1) is 0 Å². The van der Waals surface area contributed by atoms with Gasteiger partial charge >= 0.3 is 5.97 Å². The van der Waals surface area contributed by atoms with E-state index in [2.05, 4.69) is 10.1 Å². The van der Waals surface area contributed by atoms with Crippen LogP contribution in [0.15, 0.2) is 0 Å². The summed E-state index contributed by atoms with van der Waals surface area (Å²) >= 11 is 0. The van der Waals surface area contributed by atoms with Crippen LogP contribution in [-0.4, -0.2) is 62.3 Å². The van der Waals surface area contributed by atoms with Gasteiger partial charge in [0.15, 0.2) is 0 Å². The van der Waals surface area contributed by atoms with E-state index in [9.17, 15) is 9.90 Å². The topological polar surface area (TPSA) is 77.0 Å². The molecule has 0 bridgehead atoms. The number of carbonyl (C=O) groups is 1. The van der Waals surface area contributed by atoms with Gasteiger partial charge in [-0.2, -0.15) is 0 Å². The molecule has 2 N–H and O–H groups in total. The van der Waals surface area contributed by atoms with Crippen molar-refractivity contribution in [2.45, 2.75) is 43.6 Å². The van der Waals surface area contributed by atoms with Gasteiger partial charge in [-0.15, -0.1) is 0 Å². The van der Waals surface area contributed by atoms with Gasteiger partial charge in [-0.1, -0.05) is 0 Å². The van der Waals surface area contributed by atoms with Crippen molar-refractivity contribution in [3.8, 4) is 0 Å². The van der Waals surface area contributed by atoms with Gasteiger partial charge in [-0.3, -0.25) is 4.79 Å². The summed E-state index contributed by atoms with van der Waals surface area (Å²) in [6.45, 7) is 1.29. The van der Waals surface area contributed by atoms with E-state index in [1.165, 1.54) is 7.11 Å². The number of esters is 1. The zero-order valence-electron chi connectivity index (χ0n) is 10.6. The third-order valence-electron chi connectivity index (χ3n) is 3.45. The van der Waals surface area contributed by atoms with Crippen LogP contribution < -0.4 is 5.32 Å². The normalized spacial score (nSPS) is 37.2. The Balaban J connectivity index is 1.85. The minimum Gasteiger partial charge on any atom is -0.469 e. The van der Waals surface area contributed by atoms with Crippen LogP contribution in [0.4, 0.5) is 0 Å². The summed E-state index contributed by atoms with van der Waals surface area (Å²) < 4.78 is 15.9. The lowest BCUT2D eigenvalue weighted by atomic mass is 9.96. The molecule has 0 aromatic heterocycles. The number of β-amino-alcohol motifs (C(OH)–C–C–N with tert-alkyl or cyclic N) is 1. The molecule has 0 saturated carbocycles. The molecule has 2 aliphatic heterocycles. The van der Waals surface area contributed by atoms with Crippen LogP contribution >= 0.6 is 0 Å². The lowest BCUT2D eigenvalue weighted by Crippen LogP contribution is -2.53. The summed E-state index contributed by atoms with van der Waals surface area (Å²) in [5.74, 6) is -0.242. The molecular formula is C12H21NO5. The van der Waals surface area contributed by atoms with Crippen molar-refractivity contribution < 1.29 is 24.1 Å². The standard InChI is InChI=1S/C12H21NO5/c1-16-12(15)4-9-2-3-10-11(18-9)7-17-6-8(14)5-13-10/h8-11,13-14H,2-7H2,1H3/t8-,9+,10+,11-/m1/s1. The molecule has 0 radical (unpaired) electrons. The largest absolute Gasteiger partial charge is 0.469 e. The van der Waals surface area contributed by atoms with E-state index in [1.54, 1.807) is 0 Å². The molecule has 0 aromatic carbocycles. The van der Waals surface area contributed by atoms with E-state index < -0.39 is 6.10 Å². The van der Waals surface area contributed by atoms with Crippen molar-refractivity contribution in [3.63, 3.8) is 0 Å². The fourth-order valence-corrected chi connectivity index (χ4v) is 2.44. The highest BCUT2D eigenvalue weighted by atomic mass is 16.6. The summed E-state index contributed by atoms with van der Waals surface area (Å²) in [6.07, 6.45) is 1.43. The van der Waals surface area contributed by atoms with Gasteiger partial charge in [0, 0.05) is 12.6 Å². The molecule has 0 unspecified atom stereocenters. The quantitative estimate of drug-likeness (QED) is 0.648. The van der Waals surface area contributed by atoms with E-state index in [1.807, 2.05) is 0 Å². The second-order valence-electron chi connectivity index (χ2n) is 4.86. The highest BCUT2D eigenvalue weighted by Gasteiger charge is 2.33. The minimum absolute atomic E-state index is 0.0547. The fraction of sp³-hybridized carbons (Fsp3) is 0.917. The summed E-state index contributed by atoms with van der Waals surface area (Å²) in [4.78, 5) is 11.2. The Labute approximate surface area is 107 Å².